The molecule has 0 saturated heterocycles. The first-order valence-corrected chi connectivity index (χ1v) is 8.57. The van der Waals surface area contributed by atoms with Crippen LogP contribution in [0.3, 0.4) is 0 Å². The van der Waals surface area contributed by atoms with E-state index in [1.54, 1.807) is 0 Å². The molecule has 0 heterocycles. The Morgan fingerprint density at radius 1 is 0.833 bits per heavy atom. The molecule has 1 nitrogen and oxygen atoms in total. The van der Waals surface area contributed by atoms with Crippen molar-refractivity contribution in [3.05, 3.63) is 0 Å². The van der Waals surface area contributed by atoms with Crippen molar-refractivity contribution in [2.45, 2.75) is 71.6 Å². The first-order valence-electron chi connectivity index (χ1n) is 8.57. The van der Waals surface area contributed by atoms with Gasteiger partial charge in [0.25, 0.3) is 0 Å². The van der Waals surface area contributed by atoms with Crippen LogP contribution in [0.25, 0.3) is 0 Å². The Hall–Kier alpha value is -0.0400. The largest absolute Gasteiger partial charge is 0.316 e. The molecule has 0 radical (unpaired) electrons. The highest BCUT2D eigenvalue weighted by Crippen LogP contribution is 2.46. The van der Waals surface area contributed by atoms with Crippen LogP contribution >= 0.6 is 0 Å². The van der Waals surface area contributed by atoms with E-state index in [1.165, 1.54) is 70.9 Å². The summed E-state index contributed by atoms with van der Waals surface area (Å²) in [5, 5.41) is 3.68. The lowest BCUT2D eigenvalue weighted by Gasteiger charge is -2.38. The van der Waals surface area contributed by atoms with E-state index in [-0.39, 0.29) is 0 Å². The average Bonchev–Trinajstić information content (AvgIpc) is 2.87. The third kappa shape index (κ3) is 3.50. The predicted octanol–water partition coefficient (Wildman–Crippen LogP) is 4.62. The quantitative estimate of drug-likeness (QED) is 0.679. The van der Waals surface area contributed by atoms with Crippen molar-refractivity contribution >= 4 is 0 Å². The molecule has 2 rings (SSSR count). The van der Waals surface area contributed by atoms with Gasteiger partial charge >= 0.3 is 0 Å². The van der Waals surface area contributed by atoms with Gasteiger partial charge in [-0.05, 0) is 62.4 Å². The molecule has 0 spiro atoms. The van der Waals surface area contributed by atoms with Crippen LogP contribution < -0.4 is 5.32 Å². The minimum absolute atomic E-state index is 0.994. The molecule has 1 N–H and O–H groups in total. The Morgan fingerprint density at radius 2 is 1.50 bits per heavy atom. The molecular formula is C17H33N. The van der Waals surface area contributed by atoms with Crippen molar-refractivity contribution in [3.63, 3.8) is 0 Å². The standard InChI is InChI=1S/C17H33N/c1-3-12-18-13-15-9-7-11-17(15)16-10-6-5-8-14(16)4-2/h14-18H,3-13H2,1-2H3. The van der Waals surface area contributed by atoms with Crippen LogP contribution in [0.15, 0.2) is 0 Å². The lowest BCUT2D eigenvalue weighted by atomic mass is 9.68. The fourth-order valence-corrected chi connectivity index (χ4v) is 4.65. The smallest absolute Gasteiger partial charge is 0.00178 e. The van der Waals surface area contributed by atoms with Crippen LogP contribution in [0.5, 0.6) is 0 Å². The summed E-state index contributed by atoms with van der Waals surface area (Å²) in [4.78, 5) is 0. The van der Waals surface area contributed by atoms with Crippen LogP contribution in [0.4, 0.5) is 0 Å². The van der Waals surface area contributed by atoms with Gasteiger partial charge in [0, 0.05) is 0 Å². The van der Waals surface area contributed by atoms with Crippen molar-refractivity contribution in [2.24, 2.45) is 23.7 Å². The fourth-order valence-electron chi connectivity index (χ4n) is 4.65. The Bertz CT molecular complexity index is 226. The van der Waals surface area contributed by atoms with Crippen molar-refractivity contribution in [1.29, 1.82) is 0 Å². The second-order valence-corrected chi connectivity index (χ2v) is 6.68. The lowest BCUT2D eigenvalue weighted by Crippen LogP contribution is -2.33. The van der Waals surface area contributed by atoms with Crippen molar-refractivity contribution in [1.82, 2.24) is 5.32 Å². The maximum atomic E-state index is 3.68. The molecule has 0 aromatic heterocycles. The van der Waals surface area contributed by atoms with E-state index in [0.717, 1.165) is 23.7 Å². The SMILES string of the molecule is CCCNCC1CCCC1C1CCCCC1CC. The molecule has 4 atom stereocenters. The molecule has 18 heavy (non-hydrogen) atoms. The second-order valence-electron chi connectivity index (χ2n) is 6.68. The molecule has 0 bridgehead atoms. The van der Waals surface area contributed by atoms with Gasteiger partial charge in [-0.15, -0.1) is 0 Å². The van der Waals surface area contributed by atoms with E-state index in [9.17, 15) is 0 Å². The van der Waals surface area contributed by atoms with Crippen LogP contribution in [-0.2, 0) is 0 Å². The van der Waals surface area contributed by atoms with Gasteiger partial charge in [-0.3, -0.25) is 0 Å². The van der Waals surface area contributed by atoms with Gasteiger partial charge in [-0.25, -0.2) is 0 Å². The third-order valence-electron chi connectivity index (χ3n) is 5.59. The van der Waals surface area contributed by atoms with Gasteiger partial charge < -0.3 is 5.32 Å². The van der Waals surface area contributed by atoms with Crippen molar-refractivity contribution in [2.75, 3.05) is 13.1 Å². The van der Waals surface area contributed by atoms with Crippen LogP contribution in [0.1, 0.15) is 71.6 Å². The van der Waals surface area contributed by atoms with E-state index in [1.807, 2.05) is 0 Å². The topological polar surface area (TPSA) is 12.0 Å². The maximum Gasteiger partial charge on any atom is -0.00178 e. The molecular weight excluding hydrogens is 218 g/mol. The van der Waals surface area contributed by atoms with E-state index in [2.05, 4.69) is 19.2 Å². The first kappa shape index (κ1) is 14.4. The summed E-state index contributed by atoms with van der Waals surface area (Å²) in [6.07, 6.45) is 13.3. The van der Waals surface area contributed by atoms with Crippen LogP contribution in [0, 0.1) is 23.7 Å². The fraction of sp³-hybridized carbons (Fsp3) is 1.00. The van der Waals surface area contributed by atoms with Gasteiger partial charge in [-0.2, -0.15) is 0 Å². The Balaban J connectivity index is 1.88. The molecule has 0 aromatic carbocycles. The molecule has 2 aliphatic rings. The molecule has 0 amide bonds. The van der Waals surface area contributed by atoms with E-state index in [0.29, 0.717) is 0 Å². The summed E-state index contributed by atoms with van der Waals surface area (Å²) in [5.74, 6) is 4.17. The second kappa shape index (κ2) is 7.53. The molecule has 2 aliphatic carbocycles. The van der Waals surface area contributed by atoms with Gasteiger partial charge in [0.1, 0.15) is 0 Å². The number of hydrogen-bond acceptors (Lipinski definition) is 1. The number of hydrogen-bond donors (Lipinski definition) is 1. The highest BCUT2D eigenvalue weighted by atomic mass is 14.9. The summed E-state index contributed by atoms with van der Waals surface area (Å²) in [7, 11) is 0. The summed E-state index contributed by atoms with van der Waals surface area (Å²) in [6, 6.07) is 0. The molecule has 106 valence electrons. The monoisotopic (exact) mass is 251 g/mol. The predicted molar refractivity (Wildman–Crippen MR) is 79.7 cm³/mol. The Kier molecular flexibility index (Phi) is 6.01. The number of rotatable bonds is 6. The van der Waals surface area contributed by atoms with Crippen LogP contribution in [-0.4, -0.2) is 13.1 Å². The number of nitrogens with one attached hydrogen (secondary N) is 1. The summed E-state index contributed by atoms with van der Waals surface area (Å²) in [5.41, 5.74) is 0. The normalized spacial score (nSPS) is 37.0. The van der Waals surface area contributed by atoms with Gasteiger partial charge in [0.15, 0.2) is 0 Å². The van der Waals surface area contributed by atoms with Crippen molar-refractivity contribution < 1.29 is 0 Å². The molecule has 2 saturated carbocycles. The van der Waals surface area contributed by atoms with E-state index < -0.39 is 0 Å². The molecule has 0 aliphatic heterocycles. The minimum Gasteiger partial charge on any atom is -0.316 e. The van der Waals surface area contributed by atoms with E-state index >= 15 is 0 Å². The summed E-state index contributed by atoms with van der Waals surface area (Å²) >= 11 is 0. The van der Waals surface area contributed by atoms with Gasteiger partial charge in [0.05, 0.1) is 0 Å². The molecule has 1 heteroatoms. The van der Waals surface area contributed by atoms with E-state index in [4.69, 9.17) is 0 Å². The Labute approximate surface area is 114 Å². The zero-order chi connectivity index (χ0) is 12.8. The van der Waals surface area contributed by atoms with Crippen LogP contribution in [0.2, 0.25) is 0 Å². The zero-order valence-electron chi connectivity index (χ0n) is 12.6. The minimum atomic E-state index is 0.994. The van der Waals surface area contributed by atoms with Crippen molar-refractivity contribution in [3.8, 4) is 0 Å². The van der Waals surface area contributed by atoms with Gasteiger partial charge in [-0.1, -0.05) is 46.0 Å². The summed E-state index contributed by atoms with van der Waals surface area (Å²) < 4.78 is 0. The highest BCUT2D eigenvalue weighted by Gasteiger charge is 2.37. The highest BCUT2D eigenvalue weighted by molar-refractivity contribution is 4.88. The third-order valence-corrected chi connectivity index (χ3v) is 5.59. The molecule has 0 aromatic rings. The first-order chi connectivity index (χ1) is 8.86. The average molecular weight is 251 g/mol. The summed E-state index contributed by atoms with van der Waals surface area (Å²) in [6.45, 7) is 7.20. The maximum absolute atomic E-state index is 3.68. The molecule has 4 unspecified atom stereocenters. The zero-order valence-corrected chi connectivity index (χ0v) is 12.6. The van der Waals surface area contributed by atoms with Gasteiger partial charge in [0.2, 0.25) is 0 Å². The lowest BCUT2D eigenvalue weighted by molar-refractivity contribution is 0.126. The Morgan fingerprint density at radius 3 is 2.28 bits per heavy atom. The molecule has 2 fully saturated rings.